The molecule has 0 aliphatic heterocycles. The molecule has 5 heteroatoms. The Hall–Kier alpha value is -1.52. The minimum absolute atomic E-state index is 0.122. The van der Waals surface area contributed by atoms with Gasteiger partial charge in [0.15, 0.2) is 0 Å². The molecule has 0 amide bonds. The summed E-state index contributed by atoms with van der Waals surface area (Å²) in [7, 11) is 0. The van der Waals surface area contributed by atoms with Gasteiger partial charge in [0, 0.05) is 0 Å². The number of hydrogen-bond donors (Lipinski definition) is 0. The second kappa shape index (κ2) is 3.05. The van der Waals surface area contributed by atoms with Gasteiger partial charge in [-0.2, -0.15) is 9.78 Å². The van der Waals surface area contributed by atoms with Gasteiger partial charge in [-0.05, 0) is 6.92 Å². The summed E-state index contributed by atoms with van der Waals surface area (Å²) in [5.74, 6) is -0.527. The van der Waals surface area contributed by atoms with Gasteiger partial charge in [0.25, 0.3) is 5.91 Å². The van der Waals surface area contributed by atoms with Crippen LogP contribution in [-0.4, -0.2) is 26.5 Å². The zero-order valence-corrected chi connectivity index (χ0v) is 6.02. The Balaban J connectivity index is 2.64. The molecule has 1 aromatic rings. The van der Waals surface area contributed by atoms with Crippen molar-refractivity contribution in [2.24, 2.45) is 0 Å². The standard InChI is InChI=1S/C6H7N3O2/c1-5(10)2-6(11)9-4-7-3-8-9/h3-4H,2H2,1H3. The first-order chi connectivity index (χ1) is 5.20. The molecule has 58 valence electrons. The number of carbonyl (C=O) groups excluding carboxylic acids is 2. The van der Waals surface area contributed by atoms with Crippen molar-refractivity contribution in [3.8, 4) is 0 Å². The van der Waals surface area contributed by atoms with E-state index in [4.69, 9.17) is 0 Å². The Kier molecular flexibility index (Phi) is 2.10. The summed E-state index contributed by atoms with van der Waals surface area (Å²) in [6.45, 7) is 1.36. The van der Waals surface area contributed by atoms with Crippen LogP contribution in [-0.2, 0) is 4.79 Å². The van der Waals surface area contributed by atoms with Crippen molar-refractivity contribution in [3.63, 3.8) is 0 Å². The van der Waals surface area contributed by atoms with E-state index in [1.165, 1.54) is 19.6 Å². The highest BCUT2D eigenvalue weighted by Crippen LogP contribution is 1.88. The lowest BCUT2D eigenvalue weighted by molar-refractivity contribution is -0.116. The Bertz CT molecular complexity index is 265. The second-order valence-electron chi connectivity index (χ2n) is 2.11. The zero-order chi connectivity index (χ0) is 8.27. The van der Waals surface area contributed by atoms with E-state index in [9.17, 15) is 9.59 Å². The van der Waals surface area contributed by atoms with Gasteiger partial charge in [-0.25, -0.2) is 4.98 Å². The molecular formula is C6H7N3O2. The molecule has 11 heavy (non-hydrogen) atoms. The van der Waals surface area contributed by atoms with Crippen molar-refractivity contribution in [1.29, 1.82) is 0 Å². The molecule has 0 spiro atoms. The van der Waals surface area contributed by atoms with E-state index in [1.807, 2.05) is 0 Å². The summed E-state index contributed by atoms with van der Waals surface area (Å²) < 4.78 is 1.04. The van der Waals surface area contributed by atoms with Crippen LogP contribution >= 0.6 is 0 Å². The van der Waals surface area contributed by atoms with Gasteiger partial charge >= 0.3 is 0 Å². The molecule has 0 N–H and O–H groups in total. The molecule has 0 aliphatic carbocycles. The third-order valence-electron chi connectivity index (χ3n) is 1.07. The molecule has 0 aromatic carbocycles. The summed E-state index contributed by atoms with van der Waals surface area (Å²) in [5.41, 5.74) is 0. The SMILES string of the molecule is CC(=O)CC(=O)n1cncn1. The topological polar surface area (TPSA) is 64.8 Å². The molecule has 1 aromatic heterocycles. The average Bonchev–Trinajstić information content (AvgIpc) is 2.35. The first kappa shape index (κ1) is 7.59. The number of Topliss-reactive ketones (excluding diaryl/α,β-unsaturated/α-hetero) is 1. The minimum Gasteiger partial charge on any atom is -0.299 e. The molecule has 1 heterocycles. The first-order valence-corrected chi connectivity index (χ1v) is 3.07. The van der Waals surface area contributed by atoms with Gasteiger partial charge in [-0.1, -0.05) is 0 Å². The molecule has 0 saturated carbocycles. The molecule has 0 atom stereocenters. The lowest BCUT2D eigenvalue weighted by atomic mass is 10.3. The zero-order valence-electron chi connectivity index (χ0n) is 6.02. The van der Waals surface area contributed by atoms with Crippen LogP contribution in [0.4, 0.5) is 0 Å². The normalized spacial score (nSPS) is 9.55. The van der Waals surface area contributed by atoms with E-state index in [0.717, 1.165) is 4.68 Å². The van der Waals surface area contributed by atoms with Crippen molar-refractivity contribution in [3.05, 3.63) is 12.7 Å². The van der Waals surface area contributed by atoms with E-state index in [2.05, 4.69) is 10.1 Å². The van der Waals surface area contributed by atoms with E-state index < -0.39 is 0 Å². The third kappa shape index (κ3) is 1.96. The first-order valence-electron chi connectivity index (χ1n) is 3.07. The number of ketones is 1. The molecule has 1 rings (SSSR count). The van der Waals surface area contributed by atoms with Crippen LogP contribution in [0.3, 0.4) is 0 Å². The van der Waals surface area contributed by atoms with Crippen LogP contribution in [0.25, 0.3) is 0 Å². The summed E-state index contributed by atoms with van der Waals surface area (Å²) >= 11 is 0. The number of nitrogens with zero attached hydrogens (tertiary/aromatic N) is 3. The number of aromatic nitrogens is 3. The highest BCUT2D eigenvalue weighted by Gasteiger charge is 2.06. The second-order valence-corrected chi connectivity index (χ2v) is 2.11. The van der Waals surface area contributed by atoms with Gasteiger partial charge in [-0.3, -0.25) is 9.59 Å². The fraction of sp³-hybridized carbons (Fsp3) is 0.333. The van der Waals surface area contributed by atoms with Crippen LogP contribution < -0.4 is 0 Å². The minimum atomic E-state index is -0.352. The van der Waals surface area contributed by atoms with Crippen molar-refractivity contribution in [2.45, 2.75) is 13.3 Å². The Morgan fingerprint density at radius 1 is 1.55 bits per heavy atom. The van der Waals surface area contributed by atoms with E-state index >= 15 is 0 Å². The highest BCUT2D eigenvalue weighted by atomic mass is 16.2. The van der Waals surface area contributed by atoms with Crippen LogP contribution in [0.5, 0.6) is 0 Å². The quantitative estimate of drug-likeness (QED) is 0.556. The van der Waals surface area contributed by atoms with Crippen LogP contribution in [0.15, 0.2) is 12.7 Å². The van der Waals surface area contributed by atoms with Gasteiger partial charge < -0.3 is 0 Å². The van der Waals surface area contributed by atoms with Gasteiger partial charge in [0.2, 0.25) is 0 Å². The Morgan fingerprint density at radius 3 is 2.73 bits per heavy atom. The largest absolute Gasteiger partial charge is 0.299 e. The van der Waals surface area contributed by atoms with Crippen LogP contribution in [0, 0.1) is 0 Å². The Morgan fingerprint density at radius 2 is 2.27 bits per heavy atom. The van der Waals surface area contributed by atoms with Crippen LogP contribution in [0.2, 0.25) is 0 Å². The van der Waals surface area contributed by atoms with Gasteiger partial charge in [-0.15, -0.1) is 0 Å². The van der Waals surface area contributed by atoms with Crippen molar-refractivity contribution < 1.29 is 9.59 Å². The van der Waals surface area contributed by atoms with E-state index in [0.29, 0.717) is 0 Å². The molecular weight excluding hydrogens is 146 g/mol. The summed E-state index contributed by atoms with van der Waals surface area (Å²) in [6.07, 6.45) is 2.40. The summed E-state index contributed by atoms with van der Waals surface area (Å²) in [6, 6.07) is 0. The lowest BCUT2D eigenvalue weighted by Gasteiger charge is -1.93. The van der Waals surface area contributed by atoms with E-state index in [-0.39, 0.29) is 18.1 Å². The summed E-state index contributed by atoms with van der Waals surface area (Å²) in [5, 5.41) is 3.57. The fourth-order valence-corrected chi connectivity index (χ4v) is 0.631. The summed E-state index contributed by atoms with van der Waals surface area (Å²) in [4.78, 5) is 25.0. The number of carbonyl (C=O) groups is 2. The maximum Gasteiger partial charge on any atom is 0.255 e. The molecule has 0 aliphatic rings. The fourth-order valence-electron chi connectivity index (χ4n) is 0.631. The van der Waals surface area contributed by atoms with Crippen molar-refractivity contribution in [2.75, 3.05) is 0 Å². The molecule has 5 nitrogen and oxygen atoms in total. The van der Waals surface area contributed by atoms with Crippen LogP contribution in [0.1, 0.15) is 18.1 Å². The lowest BCUT2D eigenvalue weighted by Crippen LogP contribution is -2.14. The molecule has 0 bridgehead atoms. The predicted octanol–water partition coefficient (Wildman–Crippen LogP) is -0.103. The predicted molar refractivity (Wildman–Crippen MR) is 35.9 cm³/mol. The maximum atomic E-state index is 11.0. The highest BCUT2D eigenvalue weighted by molar-refractivity contribution is 5.97. The smallest absolute Gasteiger partial charge is 0.255 e. The Labute approximate surface area is 63.0 Å². The third-order valence-corrected chi connectivity index (χ3v) is 1.07. The van der Waals surface area contributed by atoms with Gasteiger partial charge in [0.1, 0.15) is 18.4 Å². The maximum absolute atomic E-state index is 11.0. The molecule has 0 saturated heterocycles. The molecule has 0 fully saturated rings. The monoisotopic (exact) mass is 153 g/mol. The van der Waals surface area contributed by atoms with Crippen molar-refractivity contribution in [1.82, 2.24) is 14.8 Å². The number of rotatable bonds is 2. The average molecular weight is 153 g/mol. The number of hydrogen-bond acceptors (Lipinski definition) is 4. The van der Waals surface area contributed by atoms with E-state index in [1.54, 1.807) is 0 Å². The molecule has 0 unspecified atom stereocenters. The molecule has 0 radical (unpaired) electrons. The van der Waals surface area contributed by atoms with Crippen molar-refractivity contribution >= 4 is 11.7 Å². The van der Waals surface area contributed by atoms with Gasteiger partial charge in [0.05, 0.1) is 6.42 Å².